The lowest BCUT2D eigenvalue weighted by Gasteiger charge is -2.12. The van der Waals surface area contributed by atoms with Gasteiger partial charge in [0, 0.05) is 50.7 Å². The minimum Gasteiger partial charge on any atom is -0.361 e. The van der Waals surface area contributed by atoms with Crippen LogP contribution in [0.3, 0.4) is 0 Å². The average Bonchev–Trinajstić information content (AvgIpc) is 2.98. The van der Waals surface area contributed by atoms with E-state index in [2.05, 4.69) is 45.0 Å². The van der Waals surface area contributed by atoms with E-state index in [-0.39, 0.29) is 29.9 Å². The molecule has 1 aromatic heterocycles. The lowest BCUT2D eigenvalue weighted by atomic mass is 10.1. The number of amides is 1. The Hall–Kier alpha value is -1.77. The van der Waals surface area contributed by atoms with Crippen molar-refractivity contribution in [3.8, 4) is 0 Å². The largest absolute Gasteiger partial charge is 0.361 e. The second-order valence-corrected chi connectivity index (χ2v) is 5.84. The molecule has 0 aliphatic rings. The van der Waals surface area contributed by atoms with Crippen LogP contribution in [0.5, 0.6) is 0 Å². The van der Waals surface area contributed by atoms with Crippen molar-refractivity contribution in [2.45, 2.75) is 19.8 Å². The highest BCUT2D eigenvalue weighted by molar-refractivity contribution is 14.0. The number of guanidine groups is 1. The number of aliphatic imine (C=N–C) groups is 1. The third-order valence-electron chi connectivity index (χ3n) is 3.80. The smallest absolute Gasteiger partial charge is 0.223 e. The zero-order valence-electron chi connectivity index (χ0n) is 15.1. The fourth-order valence-corrected chi connectivity index (χ4v) is 2.48. The van der Waals surface area contributed by atoms with Crippen LogP contribution in [0.25, 0.3) is 10.9 Å². The van der Waals surface area contributed by atoms with Gasteiger partial charge in [0.1, 0.15) is 0 Å². The molecule has 0 atom stereocenters. The number of fused-ring (bicyclic) bond motifs is 1. The molecule has 2 rings (SSSR count). The van der Waals surface area contributed by atoms with Gasteiger partial charge in [-0.1, -0.05) is 18.2 Å². The van der Waals surface area contributed by atoms with E-state index in [1.54, 1.807) is 19.0 Å². The summed E-state index contributed by atoms with van der Waals surface area (Å²) in [6, 6.07) is 8.30. The summed E-state index contributed by atoms with van der Waals surface area (Å²) in [6.07, 6.45) is 3.39. The van der Waals surface area contributed by atoms with Gasteiger partial charge in [0.15, 0.2) is 5.96 Å². The Balaban J connectivity index is 0.00000312. The lowest BCUT2D eigenvalue weighted by molar-refractivity contribution is -0.128. The molecule has 1 aromatic carbocycles. The maximum absolute atomic E-state index is 11.6. The van der Waals surface area contributed by atoms with Crippen LogP contribution < -0.4 is 10.6 Å². The van der Waals surface area contributed by atoms with Crippen LogP contribution in [0.15, 0.2) is 35.5 Å². The van der Waals surface area contributed by atoms with Gasteiger partial charge in [-0.15, -0.1) is 24.0 Å². The van der Waals surface area contributed by atoms with Crippen LogP contribution in [0.2, 0.25) is 0 Å². The molecule has 0 saturated carbocycles. The van der Waals surface area contributed by atoms with E-state index in [9.17, 15) is 4.79 Å². The van der Waals surface area contributed by atoms with Gasteiger partial charge in [-0.25, -0.2) is 0 Å². The molecule has 0 radical (unpaired) electrons. The van der Waals surface area contributed by atoms with Crippen LogP contribution in [-0.2, 0) is 11.2 Å². The molecule has 25 heavy (non-hydrogen) atoms. The second-order valence-electron chi connectivity index (χ2n) is 5.84. The van der Waals surface area contributed by atoms with Gasteiger partial charge in [-0.2, -0.15) is 0 Å². The number of nitrogens with one attached hydrogen (secondary N) is 3. The molecule has 1 amide bonds. The Morgan fingerprint density at radius 2 is 2.00 bits per heavy atom. The maximum atomic E-state index is 11.6. The first kappa shape index (κ1) is 21.3. The number of nitrogens with zero attached hydrogens (tertiary/aromatic N) is 2. The minimum atomic E-state index is 0. The second kappa shape index (κ2) is 11.0. The zero-order valence-corrected chi connectivity index (χ0v) is 17.5. The molecule has 1 heterocycles. The van der Waals surface area contributed by atoms with Crippen LogP contribution in [0, 0.1) is 0 Å². The molecule has 0 unspecified atom stereocenters. The third kappa shape index (κ3) is 6.56. The normalized spacial score (nSPS) is 11.1. The minimum absolute atomic E-state index is 0. The lowest BCUT2D eigenvalue weighted by Crippen LogP contribution is -2.38. The first-order chi connectivity index (χ1) is 11.6. The van der Waals surface area contributed by atoms with Gasteiger partial charge >= 0.3 is 0 Å². The third-order valence-corrected chi connectivity index (χ3v) is 3.80. The van der Waals surface area contributed by atoms with E-state index in [0.29, 0.717) is 13.0 Å². The number of benzene rings is 1. The Morgan fingerprint density at radius 1 is 1.24 bits per heavy atom. The summed E-state index contributed by atoms with van der Waals surface area (Å²) < 4.78 is 0. The molecular weight excluding hydrogens is 429 g/mol. The highest BCUT2D eigenvalue weighted by atomic mass is 127. The summed E-state index contributed by atoms with van der Waals surface area (Å²) in [6.45, 7) is 4.09. The van der Waals surface area contributed by atoms with E-state index in [1.165, 1.54) is 10.9 Å². The Kier molecular flexibility index (Phi) is 9.33. The number of hydrogen-bond acceptors (Lipinski definition) is 2. The fraction of sp³-hybridized carbons (Fsp3) is 0.444. The molecule has 0 saturated heterocycles. The van der Waals surface area contributed by atoms with Crippen LogP contribution >= 0.6 is 24.0 Å². The molecule has 0 spiro atoms. The number of H-pyrrole nitrogens is 1. The molecule has 6 nitrogen and oxygen atoms in total. The first-order valence-electron chi connectivity index (χ1n) is 8.39. The van der Waals surface area contributed by atoms with Crippen molar-refractivity contribution < 1.29 is 4.79 Å². The van der Waals surface area contributed by atoms with Crippen molar-refractivity contribution in [2.24, 2.45) is 4.99 Å². The number of halogens is 1. The number of carbonyl (C=O) groups is 1. The van der Waals surface area contributed by atoms with Gasteiger partial charge in [0.2, 0.25) is 5.91 Å². The number of rotatable bonds is 7. The van der Waals surface area contributed by atoms with Crippen molar-refractivity contribution in [3.63, 3.8) is 0 Å². The Morgan fingerprint density at radius 3 is 2.72 bits per heavy atom. The Bertz CT molecular complexity index is 696. The molecule has 138 valence electrons. The van der Waals surface area contributed by atoms with Gasteiger partial charge in [0.05, 0.1) is 6.54 Å². The number of aromatic amines is 1. The van der Waals surface area contributed by atoms with Crippen molar-refractivity contribution in [3.05, 3.63) is 36.0 Å². The van der Waals surface area contributed by atoms with Crippen molar-refractivity contribution in [1.29, 1.82) is 0 Å². The number of aromatic nitrogens is 1. The fourth-order valence-electron chi connectivity index (χ4n) is 2.48. The molecule has 0 bridgehead atoms. The predicted molar refractivity (Wildman–Crippen MR) is 115 cm³/mol. The average molecular weight is 457 g/mol. The van der Waals surface area contributed by atoms with Gasteiger partial charge in [-0.3, -0.25) is 9.79 Å². The van der Waals surface area contributed by atoms with E-state index in [0.717, 1.165) is 31.0 Å². The van der Waals surface area contributed by atoms with Gasteiger partial charge < -0.3 is 20.5 Å². The molecule has 0 aliphatic carbocycles. The van der Waals surface area contributed by atoms with Crippen LogP contribution in [-0.4, -0.2) is 55.5 Å². The van der Waals surface area contributed by atoms with Crippen LogP contribution in [0.4, 0.5) is 0 Å². The molecule has 7 heteroatoms. The molecule has 0 aliphatic heterocycles. The maximum Gasteiger partial charge on any atom is 0.223 e. The Labute approximate surface area is 166 Å². The van der Waals surface area contributed by atoms with Crippen LogP contribution in [0.1, 0.15) is 18.9 Å². The molecule has 2 aromatic rings. The summed E-state index contributed by atoms with van der Waals surface area (Å²) in [7, 11) is 3.52. The monoisotopic (exact) mass is 457 g/mol. The summed E-state index contributed by atoms with van der Waals surface area (Å²) >= 11 is 0. The molecule has 0 fully saturated rings. The quantitative estimate of drug-likeness (QED) is 0.340. The van der Waals surface area contributed by atoms with Gasteiger partial charge in [-0.05, 0) is 25.0 Å². The number of para-hydroxylation sites is 1. The molecular formula is C18H28IN5O. The van der Waals surface area contributed by atoms with Crippen molar-refractivity contribution >= 4 is 46.7 Å². The molecule has 3 N–H and O–H groups in total. The van der Waals surface area contributed by atoms with Gasteiger partial charge in [0.25, 0.3) is 0 Å². The number of carbonyl (C=O) groups excluding carboxylic acids is 1. The highest BCUT2D eigenvalue weighted by Gasteiger charge is 2.05. The zero-order chi connectivity index (χ0) is 17.4. The van der Waals surface area contributed by atoms with Crippen molar-refractivity contribution in [1.82, 2.24) is 20.5 Å². The number of hydrogen-bond donors (Lipinski definition) is 3. The van der Waals surface area contributed by atoms with E-state index in [4.69, 9.17) is 0 Å². The van der Waals surface area contributed by atoms with E-state index < -0.39 is 0 Å². The topological polar surface area (TPSA) is 72.5 Å². The summed E-state index contributed by atoms with van der Waals surface area (Å²) in [5.74, 6) is 0.845. The SMILES string of the molecule is CCNC(=NCCC(=O)N(C)C)NCCc1c[nH]c2ccccc12.I. The van der Waals surface area contributed by atoms with Crippen molar-refractivity contribution in [2.75, 3.05) is 33.7 Å². The summed E-state index contributed by atoms with van der Waals surface area (Å²) in [5.41, 5.74) is 2.45. The summed E-state index contributed by atoms with van der Waals surface area (Å²) in [4.78, 5) is 20.9. The predicted octanol–water partition coefficient (Wildman–Crippen LogP) is 2.36. The standard InChI is InChI=1S/C18H27N5O.HI/c1-4-19-18(21-12-10-17(24)23(2)3)20-11-9-14-13-22-16-8-6-5-7-15(14)16;/h5-8,13,22H,4,9-12H2,1-3H3,(H2,19,20,21);1H. The van der Waals surface area contributed by atoms with E-state index in [1.807, 2.05) is 13.0 Å². The van der Waals surface area contributed by atoms with E-state index >= 15 is 0 Å². The summed E-state index contributed by atoms with van der Waals surface area (Å²) in [5, 5.41) is 7.80. The highest BCUT2D eigenvalue weighted by Crippen LogP contribution is 2.17. The first-order valence-corrected chi connectivity index (χ1v) is 8.39.